The molecule has 1 unspecified atom stereocenters. The summed E-state index contributed by atoms with van der Waals surface area (Å²) in [4.78, 5) is 22.2. The van der Waals surface area contributed by atoms with E-state index in [1.54, 1.807) is 12.1 Å². The summed E-state index contributed by atoms with van der Waals surface area (Å²) < 4.78 is 9.17. The van der Waals surface area contributed by atoms with Crippen LogP contribution in [0.5, 0.6) is 0 Å². The van der Waals surface area contributed by atoms with Crippen LogP contribution in [-0.4, -0.2) is 25.1 Å². The van der Waals surface area contributed by atoms with Crippen LogP contribution < -0.4 is 5.73 Å². The monoisotopic (exact) mass is 259 g/mol. The van der Waals surface area contributed by atoms with Crippen LogP contribution in [0.2, 0.25) is 0 Å². The summed E-state index contributed by atoms with van der Waals surface area (Å²) in [5, 5.41) is 0. The van der Waals surface area contributed by atoms with Gasteiger partial charge < -0.3 is 15.2 Å². The molecule has 1 atom stereocenters. The second kappa shape index (κ2) is 7.65. The highest BCUT2D eigenvalue weighted by Gasteiger charge is 2.24. The number of ether oxygens (including phenoxy) is 2. The number of benzene rings is 1. The van der Waals surface area contributed by atoms with Crippen molar-refractivity contribution >= 4 is 24.3 Å². The smallest absolute Gasteiger partial charge is 0.334 e. The number of nitrogens with two attached hydrogens (primary N) is 1. The molecule has 17 heavy (non-hydrogen) atoms. The Labute approximate surface area is 105 Å². The molecule has 0 aliphatic rings. The van der Waals surface area contributed by atoms with Crippen molar-refractivity contribution in [1.29, 1.82) is 0 Å². The molecule has 0 aliphatic carbocycles. The maximum atomic E-state index is 11.3. The van der Waals surface area contributed by atoms with Gasteiger partial charge in [0.2, 0.25) is 6.04 Å². The highest BCUT2D eigenvalue weighted by atomic mass is 35.5. The Kier molecular flexibility index (Phi) is 6.93. The molecule has 6 heteroatoms. The molecule has 1 aromatic carbocycles. The first-order valence-corrected chi connectivity index (χ1v) is 4.69. The molecule has 0 saturated carbocycles. The minimum atomic E-state index is -1.38. The lowest BCUT2D eigenvalue weighted by atomic mass is 10.2. The summed E-state index contributed by atoms with van der Waals surface area (Å²) in [6, 6.07) is 7.72. The third kappa shape index (κ3) is 4.84. The summed E-state index contributed by atoms with van der Waals surface area (Å²) in [6.07, 6.45) is 0. The van der Waals surface area contributed by atoms with Gasteiger partial charge in [-0.3, -0.25) is 0 Å². The molecule has 1 aromatic rings. The fourth-order valence-electron chi connectivity index (χ4n) is 1.04. The lowest BCUT2D eigenvalue weighted by Gasteiger charge is -2.09. The molecular weight excluding hydrogens is 246 g/mol. The topological polar surface area (TPSA) is 78.6 Å². The van der Waals surface area contributed by atoms with Gasteiger partial charge in [0.05, 0.1) is 7.11 Å². The van der Waals surface area contributed by atoms with Crippen LogP contribution in [0.4, 0.5) is 0 Å². The van der Waals surface area contributed by atoms with Crippen molar-refractivity contribution < 1.29 is 19.1 Å². The van der Waals surface area contributed by atoms with E-state index in [0.29, 0.717) is 0 Å². The van der Waals surface area contributed by atoms with Crippen molar-refractivity contribution in [1.82, 2.24) is 0 Å². The van der Waals surface area contributed by atoms with Gasteiger partial charge in [0.25, 0.3) is 0 Å². The van der Waals surface area contributed by atoms with Gasteiger partial charge in [0, 0.05) is 0 Å². The second-order valence-corrected chi connectivity index (χ2v) is 3.09. The van der Waals surface area contributed by atoms with E-state index in [1.165, 1.54) is 0 Å². The van der Waals surface area contributed by atoms with Crippen molar-refractivity contribution in [2.24, 2.45) is 5.73 Å². The van der Waals surface area contributed by atoms with Crippen LogP contribution in [0.15, 0.2) is 30.3 Å². The molecule has 0 amide bonds. The van der Waals surface area contributed by atoms with Crippen molar-refractivity contribution in [3.05, 3.63) is 35.9 Å². The largest absolute Gasteiger partial charge is 0.467 e. The zero-order chi connectivity index (χ0) is 12.0. The lowest BCUT2D eigenvalue weighted by Crippen LogP contribution is -2.40. The van der Waals surface area contributed by atoms with Crippen LogP contribution in [0.25, 0.3) is 0 Å². The van der Waals surface area contributed by atoms with E-state index in [1.807, 2.05) is 18.2 Å². The van der Waals surface area contributed by atoms with Gasteiger partial charge in [-0.25, -0.2) is 9.59 Å². The highest BCUT2D eigenvalue weighted by molar-refractivity contribution is 5.98. The summed E-state index contributed by atoms with van der Waals surface area (Å²) >= 11 is 0. The summed E-state index contributed by atoms with van der Waals surface area (Å²) in [5.74, 6) is -1.60. The van der Waals surface area contributed by atoms with Crippen LogP contribution in [0.1, 0.15) is 5.56 Å². The fourth-order valence-corrected chi connectivity index (χ4v) is 1.04. The van der Waals surface area contributed by atoms with Gasteiger partial charge in [-0.2, -0.15) is 0 Å². The van der Waals surface area contributed by atoms with Crippen LogP contribution >= 0.6 is 12.4 Å². The minimum absolute atomic E-state index is 0. The Morgan fingerprint density at radius 1 is 1.24 bits per heavy atom. The molecule has 5 nitrogen and oxygen atoms in total. The van der Waals surface area contributed by atoms with Crippen LogP contribution in [-0.2, 0) is 25.7 Å². The van der Waals surface area contributed by atoms with E-state index in [2.05, 4.69) is 4.74 Å². The van der Waals surface area contributed by atoms with Crippen LogP contribution in [0.3, 0.4) is 0 Å². The number of halogens is 1. The van der Waals surface area contributed by atoms with Gasteiger partial charge in [0.1, 0.15) is 6.61 Å². The molecule has 1 rings (SSSR count). The standard InChI is InChI=1S/C11H13NO4.ClH/c1-15-10(13)9(12)11(14)16-7-8-5-3-2-4-6-8;/h2-6,9H,7,12H2,1H3;1H. The number of methoxy groups -OCH3 is 1. The fraction of sp³-hybridized carbons (Fsp3) is 0.273. The Morgan fingerprint density at radius 2 is 1.82 bits per heavy atom. The number of hydrogen-bond donors (Lipinski definition) is 1. The molecule has 0 spiro atoms. The van der Waals surface area contributed by atoms with Gasteiger partial charge in [-0.05, 0) is 5.56 Å². The maximum Gasteiger partial charge on any atom is 0.334 e. The normalized spacial score (nSPS) is 10.9. The molecule has 0 saturated heterocycles. The quantitative estimate of drug-likeness (QED) is 0.635. The number of carbonyl (C=O) groups excluding carboxylic acids is 2. The molecule has 2 N–H and O–H groups in total. The zero-order valence-electron chi connectivity index (χ0n) is 9.29. The maximum absolute atomic E-state index is 11.3. The summed E-state index contributed by atoms with van der Waals surface area (Å²) in [5.41, 5.74) is 6.11. The van der Waals surface area contributed by atoms with Gasteiger partial charge in [-0.15, -0.1) is 12.4 Å². The average molecular weight is 260 g/mol. The van der Waals surface area contributed by atoms with E-state index in [-0.39, 0.29) is 19.0 Å². The van der Waals surface area contributed by atoms with Gasteiger partial charge in [-0.1, -0.05) is 30.3 Å². The number of esters is 2. The zero-order valence-corrected chi connectivity index (χ0v) is 10.1. The minimum Gasteiger partial charge on any atom is -0.467 e. The second-order valence-electron chi connectivity index (χ2n) is 3.09. The SMILES string of the molecule is COC(=O)C(N)C(=O)OCc1ccccc1.Cl. The summed E-state index contributed by atoms with van der Waals surface area (Å²) in [7, 11) is 1.16. The Morgan fingerprint density at radius 3 is 2.35 bits per heavy atom. The van der Waals surface area contributed by atoms with E-state index in [0.717, 1.165) is 12.7 Å². The third-order valence-electron chi connectivity index (χ3n) is 1.93. The molecule has 0 bridgehead atoms. The Hall–Kier alpha value is -1.59. The molecule has 94 valence electrons. The molecular formula is C11H14ClNO4. The van der Waals surface area contributed by atoms with Crippen molar-refractivity contribution in [3.8, 4) is 0 Å². The van der Waals surface area contributed by atoms with E-state index >= 15 is 0 Å². The van der Waals surface area contributed by atoms with Crippen molar-refractivity contribution in [2.45, 2.75) is 12.6 Å². The van der Waals surface area contributed by atoms with Gasteiger partial charge >= 0.3 is 11.9 Å². The number of carbonyl (C=O) groups is 2. The number of rotatable bonds is 4. The molecule has 0 radical (unpaired) electrons. The average Bonchev–Trinajstić information content (AvgIpc) is 2.35. The van der Waals surface area contributed by atoms with E-state index in [9.17, 15) is 9.59 Å². The first-order valence-electron chi connectivity index (χ1n) is 4.69. The van der Waals surface area contributed by atoms with Crippen LogP contribution in [0, 0.1) is 0 Å². The summed E-state index contributed by atoms with van der Waals surface area (Å²) in [6.45, 7) is 0.0877. The lowest BCUT2D eigenvalue weighted by molar-refractivity contribution is -0.156. The van der Waals surface area contributed by atoms with Crippen molar-refractivity contribution in [2.75, 3.05) is 7.11 Å². The number of hydrogen-bond acceptors (Lipinski definition) is 5. The van der Waals surface area contributed by atoms with Gasteiger partial charge in [0.15, 0.2) is 0 Å². The first kappa shape index (κ1) is 15.4. The third-order valence-corrected chi connectivity index (χ3v) is 1.93. The predicted molar refractivity (Wildman–Crippen MR) is 63.5 cm³/mol. The molecule has 0 aromatic heterocycles. The highest BCUT2D eigenvalue weighted by Crippen LogP contribution is 2.01. The Balaban J connectivity index is 0.00000256. The molecule has 0 aliphatic heterocycles. The van der Waals surface area contributed by atoms with E-state index < -0.39 is 18.0 Å². The van der Waals surface area contributed by atoms with E-state index in [4.69, 9.17) is 10.5 Å². The Bertz CT molecular complexity index is 369. The van der Waals surface area contributed by atoms with Crippen molar-refractivity contribution in [3.63, 3.8) is 0 Å². The predicted octanol–water partition coefficient (Wildman–Crippen LogP) is 0.652. The first-order chi connectivity index (χ1) is 7.65. The molecule has 0 heterocycles. The molecule has 0 fully saturated rings.